The Morgan fingerprint density at radius 1 is 1.29 bits per heavy atom. The van der Waals surface area contributed by atoms with E-state index >= 15 is 0 Å². The number of likely N-dealkylation sites (tertiary alicyclic amines) is 1. The van der Waals surface area contributed by atoms with Gasteiger partial charge in [0, 0.05) is 12.6 Å². The summed E-state index contributed by atoms with van der Waals surface area (Å²) in [6, 6.07) is 6.54. The van der Waals surface area contributed by atoms with Crippen molar-refractivity contribution in [2.75, 3.05) is 0 Å². The molecule has 3 rings (SSSR count). The Kier molecular flexibility index (Phi) is 4.03. The van der Waals surface area contributed by atoms with E-state index in [1.807, 2.05) is 0 Å². The molecule has 1 N–H and O–H groups in total. The number of fused-ring (bicyclic) bond motifs is 1. The maximum absolute atomic E-state index is 11.7. The van der Waals surface area contributed by atoms with Crippen molar-refractivity contribution in [2.24, 2.45) is 5.92 Å². The van der Waals surface area contributed by atoms with E-state index in [0.717, 1.165) is 13.0 Å². The van der Waals surface area contributed by atoms with Crippen LogP contribution in [0.2, 0.25) is 0 Å². The maximum Gasteiger partial charge on any atom is 0.320 e. The Morgan fingerprint density at radius 2 is 2.05 bits per heavy atom. The van der Waals surface area contributed by atoms with Crippen molar-refractivity contribution >= 4 is 5.97 Å². The molecule has 2 fully saturated rings. The molecule has 114 valence electrons. The topological polar surface area (TPSA) is 40.5 Å². The number of hydrogen-bond donors (Lipinski definition) is 1. The Labute approximate surface area is 127 Å². The van der Waals surface area contributed by atoms with Crippen molar-refractivity contribution in [1.82, 2.24) is 4.90 Å². The van der Waals surface area contributed by atoms with Gasteiger partial charge >= 0.3 is 5.97 Å². The standard InChI is InChI=1S/C18H25NO2/c1-12-6-5-8-15(13(12)2)11-19-16-9-4-3-7-14(16)10-17(19)18(20)21/h5-6,8,14,16-17H,3-4,7,9-11H2,1-2H3,(H,20,21). The average Bonchev–Trinajstić information content (AvgIpc) is 2.83. The second-order valence-corrected chi connectivity index (χ2v) is 6.73. The molecule has 1 saturated carbocycles. The lowest BCUT2D eigenvalue weighted by atomic mass is 9.84. The minimum absolute atomic E-state index is 0.294. The van der Waals surface area contributed by atoms with Gasteiger partial charge in [0.05, 0.1) is 0 Å². The summed E-state index contributed by atoms with van der Waals surface area (Å²) in [4.78, 5) is 13.9. The van der Waals surface area contributed by atoms with Crippen LogP contribution in [0.1, 0.15) is 48.8 Å². The smallest absolute Gasteiger partial charge is 0.320 e. The zero-order valence-corrected chi connectivity index (χ0v) is 13.0. The summed E-state index contributed by atoms with van der Waals surface area (Å²) < 4.78 is 0. The van der Waals surface area contributed by atoms with Crippen molar-refractivity contribution in [1.29, 1.82) is 0 Å². The molecule has 0 amide bonds. The molecular formula is C18H25NO2. The summed E-state index contributed by atoms with van der Waals surface area (Å²) >= 11 is 0. The monoisotopic (exact) mass is 287 g/mol. The van der Waals surface area contributed by atoms with Crippen LogP contribution in [0.5, 0.6) is 0 Å². The summed E-state index contributed by atoms with van der Waals surface area (Å²) in [5.74, 6) is -0.0559. The van der Waals surface area contributed by atoms with Gasteiger partial charge in [0.25, 0.3) is 0 Å². The molecule has 0 radical (unpaired) electrons. The number of carboxylic acids is 1. The van der Waals surface area contributed by atoms with Crippen molar-refractivity contribution in [3.05, 3.63) is 34.9 Å². The van der Waals surface area contributed by atoms with Gasteiger partial charge in [0.2, 0.25) is 0 Å². The molecular weight excluding hydrogens is 262 g/mol. The lowest BCUT2D eigenvalue weighted by Gasteiger charge is -2.33. The number of carboxylic acid groups (broad SMARTS) is 1. The average molecular weight is 287 g/mol. The van der Waals surface area contributed by atoms with Gasteiger partial charge in [-0.2, -0.15) is 0 Å². The zero-order valence-electron chi connectivity index (χ0n) is 13.0. The van der Waals surface area contributed by atoms with Gasteiger partial charge in [-0.05, 0) is 55.7 Å². The van der Waals surface area contributed by atoms with Crippen LogP contribution in [0.3, 0.4) is 0 Å². The number of carbonyl (C=O) groups is 1. The molecule has 1 saturated heterocycles. The largest absolute Gasteiger partial charge is 0.480 e. The van der Waals surface area contributed by atoms with Crippen LogP contribution in [-0.4, -0.2) is 28.1 Å². The van der Waals surface area contributed by atoms with E-state index in [0.29, 0.717) is 12.0 Å². The summed E-state index contributed by atoms with van der Waals surface area (Å²) in [5, 5.41) is 9.59. The molecule has 3 nitrogen and oxygen atoms in total. The Balaban J connectivity index is 1.86. The molecule has 2 aliphatic rings. The molecule has 1 aliphatic carbocycles. The lowest BCUT2D eigenvalue weighted by molar-refractivity contribution is -0.142. The first-order valence-corrected chi connectivity index (χ1v) is 8.11. The SMILES string of the molecule is Cc1cccc(CN2C(C(=O)O)CC3CCCCC32)c1C. The fourth-order valence-electron chi connectivity index (χ4n) is 4.20. The Morgan fingerprint density at radius 3 is 2.81 bits per heavy atom. The molecule has 3 unspecified atom stereocenters. The predicted molar refractivity (Wildman–Crippen MR) is 83.2 cm³/mol. The van der Waals surface area contributed by atoms with Crippen molar-refractivity contribution in [3.8, 4) is 0 Å². The quantitative estimate of drug-likeness (QED) is 0.924. The number of benzene rings is 1. The second kappa shape index (κ2) is 5.80. The second-order valence-electron chi connectivity index (χ2n) is 6.73. The molecule has 3 atom stereocenters. The first-order chi connectivity index (χ1) is 10.1. The number of nitrogens with zero attached hydrogens (tertiary/aromatic N) is 1. The van der Waals surface area contributed by atoms with Crippen LogP contribution in [0.4, 0.5) is 0 Å². The minimum atomic E-state index is -0.644. The molecule has 3 heteroatoms. The molecule has 21 heavy (non-hydrogen) atoms. The third kappa shape index (κ3) is 2.71. The third-order valence-corrected chi connectivity index (χ3v) is 5.58. The molecule has 1 aromatic carbocycles. The third-order valence-electron chi connectivity index (χ3n) is 5.58. The fourth-order valence-corrected chi connectivity index (χ4v) is 4.20. The van der Waals surface area contributed by atoms with Crippen molar-refractivity contribution in [2.45, 2.75) is 64.6 Å². The molecule has 0 bridgehead atoms. The Hall–Kier alpha value is -1.35. The van der Waals surface area contributed by atoms with Crippen molar-refractivity contribution in [3.63, 3.8) is 0 Å². The highest BCUT2D eigenvalue weighted by Crippen LogP contribution is 2.40. The number of rotatable bonds is 3. The summed E-state index contributed by atoms with van der Waals surface area (Å²) in [6.45, 7) is 5.06. The zero-order chi connectivity index (χ0) is 15.0. The molecule has 0 spiro atoms. The first kappa shape index (κ1) is 14.6. The van der Waals surface area contributed by atoms with Crippen LogP contribution in [0.15, 0.2) is 18.2 Å². The predicted octanol–water partition coefficient (Wildman–Crippen LogP) is 3.52. The van der Waals surface area contributed by atoms with Gasteiger partial charge in [0.1, 0.15) is 6.04 Å². The Bertz CT molecular complexity index is 540. The van der Waals surface area contributed by atoms with Crippen LogP contribution >= 0.6 is 0 Å². The van der Waals surface area contributed by atoms with Crippen LogP contribution in [-0.2, 0) is 11.3 Å². The summed E-state index contributed by atoms with van der Waals surface area (Å²) in [5.41, 5.74) is 3.88. The van der Waals surface area contributed by atoms with E-state index in [1.165, 1.54) is 42.4 Å². The van der Waals surface area contributed by atoms with Crippen LogP contribution < -0.4 is 0 Å². The van der Waals surface area contributed by atoms with E-state index in [-0.39, 0.29) is 6.04 Å². The summed E-state index contributed by atoms with van der Waals surface area (Å²) in [6.07, 6.45) is 5.73. The van der Waals surface area contributed by atoms with Crippen LogP contribution in [0, 0.1) is 19.8 Å². The number of aryl methyl sites for hydroxylation is 1. The fraction of sp³-hybridized carbons (Fsp3) is 0.611. The van der Waals surface area contributed by atoms with E-state index in [4.69, 9.17) is 0 Å². The van der Waals surface area contributed by atoms with E-state index in [9.17, 15) is 9.90 Å². The highest BCUT2D eigenvalue weighted by atomic mass is 16.4. The van der Waals surface area contributed by atoms with Gasteiger partial charge in [-0.15, -0.1) is 0 Å². The molecule has 0 aromatic heterocycles. The van der Waals surface area contributed by atoms with Gasteiger partial charge < -0.3 is 5.11 Å². The van der Waals surface area contributed by atoms with Gasteiger partial charge in [-0.3, -0.25) is 9.69 Å². The van der Waals surface area contributed by atoms with Crippen molar-refractivity contribution < 1.29 is 9.90 Å². The normalized spacial score (nSPS) is 29.3. The van der Waals surface area contributed by atoms with E-state index < -0.39 is 5.97 Å². The minimum Gasteiger partial charge on any atom is -0.480 e. The van der Waals surface area contributed by atoms with E-state index in [2.05, 4.69) is 36.9 Å². The number of hydrogen-bond acceptors (Lipinski definition) is 2. The molecule has 1 heterocycles. The first-order valence-electron chi connectivity index (χ1n) is 8.11. The maximum atomic E-state index is 11.7. The van der Waals surface area contributed by atoms with Gasteiger partial charge in [0.15, 0.2) is 0 Å². The van der Waals surface area contributed by atoms with Crippen LogP contribution in [0.25, 0.3) is 0 Å². The van der Waals surface area contributed by atoms with E-state index in [1.54, 1.807) is 0 Å². The summed E-state index contributed by atoms with van der Waals surface area (Å²) in [7, 11) is 0. The van der Waals surface area contributed by atoms with Gasteiger partial charge in [-0.25, -0.2) is 0 Å². The molecule has 1 aromatic rings. The van der Waals surface area contributed by atoms with Gasteiger partial charge in [-0.1, -0.05) is 31.0 Å². The lowest BCUT2D eigenvalue weighted by Crippen LogP contribution is -2.41. The highest BCUT2D eigenvalue weighted by molar-refractivity contribution is 5.74. The number of aliphatic carboxylic acids is 1. The molecule has 1 aliphatic heterocycles. The highest BCUT2D eigenvalue weighted by Gasteiger charge is 2.45.